The molecule has 0 heterocycles. The zero-order chi connectivity index (χ0) is 12.9. The van der Waals surface area contributed by atoms with E-state index >= 15 is 0 Å². The third kappa shape index (κ3) is 3.67. The lowest BCUT2D eigenvalue weighted by Crippen LogP contribution is -2.51. The molecule has 17 heavy (non-hydrogen) atoms. The first-order chi connectivity index (χ1) is 7.99. The Labute approximate surface area is 101 Å². The highest BCUT2D eigenvalue weighted by molar-refractivity contribution is 5.81. The van der Waals surface area contributed by atoms with E-state index in [-0.39, 0.29) is 11.8 Å². The van der Waals surface area contributed by atoms with E-state index in [1.807, 2.05) is 0 Å². The second kappa shape index (κ2) is 5.97. The Kier molecular flexibility index (Phi) is 4.89. The molecule has 98 valence electrons. The van der Waals surface area contributed by atoms with Crippen LogP contribution in [0.1, 0.15) is 25.7 Å². The topological polar surface area (TPSA) is 102 Å². The van der Waals surface area contributed by atoms with Crippen molar-refractivity contribution in [1.82, 2.24) is 5.32 Å². The quantitative estimate of drug-likeness (QED) is 0.577. The minimum atomic E-state index is -1.15. The SMILES string of the molecule is COCCNC(=O)C1CCC(N)(C(=O)O)CC1. The van der Waals surface area contributed by atoms with E-state index in [0.29, 0.717) is 38.8 Å². The molecule has 1 fully saturated rings. The zero-order valence-corrected chi connectivity index (χ0v) is 10.1. The molecular weight excluding hydrogens is 224 g/mol. The zero-order valence-electron chi connectivity index (χ0n) is 10.1. The van der Waals surface area contributed by atoms with Crippen molar-refractivity contribution in [2.75, 3.05) is 20.3 Å². The van der Waals surface area contributed by atoms with Crippen LogP contribution in [0.5, 0.6) is 0 Å². The number of amides is 1. The number of carbonyl (C=O) groups excluding carboxylic acids is 1. The lowest BCUT2D eigenvalue weighted by Gasteiger charge is -2.32. The predicted molar refractivity (Wildman–Crippen MR) is 61.4 cm³/mol. The summed E-state index contributed by atoms with van der Waals surface area (Å²) in [6, 6.07) is 0. The molecule has 1 rings (SSSR count). The second-order valence-corrected chi connectivity index (χ2v) is 4.52. The van der Waals surface area contributed by atoms with E-state index < -0.39 is 11.5 Å². The average molecular weight is 244 g/mol. The van der Waals surface area contributed by atoms with Crippen LogP contribution in [0.25, 0.3) is 0 Å². The number of hydrogen-bond acceptors (Lipinski definition) is 4. The molecule has 0 aliphatic heterocycles. The minimum absolute atomic E-state index is 0.0329. The molecule has 0 saturated heterocycles. The van der Waals surface area contributed by atoms with E-state index in [2.05, 4.69) is 5.32 Å². The van der Waals surface area contributed by atoms with Gasteiger partial charge in [-0.2, -0.15) is 0 Å². The molecule has 6 heteroatoms. The smallest absolute Gasteiger partial charge is 0.323 e. The second-order valence-electron chi connectivity index (χ2n) is 4.52. The largest absolute Gasteiger partial charge is 0.480 e. The van der Waals surface area contributed by atoms with Crippen molar-refractivity contribution < 1.29 is 19.4 Å². The van der Waals surface area contributed by atoms with E-state index in [4.69, 9.17) is 15.6 Å². The van der Waals surface area contributed by atoms with Crippen LogP contribution in [0.2, 0.25) is 0 Å². The van der Waals surface area contributed by atoms with Gasteiger partial charge >= 0.3 is 5.97 Å². The van der Waals surface area contributed by atoms with Gasteiger partial charge in [-0.3, -0.25) is 9.59 Å². The van der Waals surface area contributed by atoms with Crippen molar-refractivity contribution in [3.8, 4) is 0 Å². The van der Waals surface area contributed by atoms with Crippen LogP contribution in [0.3, 0.4) is 0 Å². The average Bonchev–Trinajstić information content (AvgIpc) is 2.30. The summed E-state index contributed by atoms with van der Waals surface area (Å²) in [6.45, 7) is 0.965. The molecule has 4 N–H and O–H groups in total. The first-order valence-corrected chi connectivity index (χ1v) is 5.78. The van der Waals surface area contributed by atoms with Crippen LogP contribution < -0.4 is 11.1 Å². The fourth-order valence-electron chi connectivity index (χ4n) is 2.03. The molecule has 1 saturated carbocycles. The van der Waals surface area contributed by atoms with E-state index in [9.17, 15) is 9.59 Å². The molecule has 1 aliphatic carbocycles. The van der Waals surface area contributed by atoms with Crippen LogP contribution >= 0.6 is 0 Å². The Morgan fingerprint density at radius 3 is 2.53 bits per heavy atom. The number of rotatable bonds is 5. The van der Waals surface area contributed by atoms with Crippen molar-refractivity contribution in [3.63, 3.8) is 0 Å². The summed E-state index contributed by atoms with van der Waals surface area (Å²) in [5.41, 5.74) is 4.59. The van der Waals surface area contributed by atoms with Gasteiger partial charge in [0, 0.05) is 19.6 Å². The van der Waals surface area contributed by atoms with Gasteiger partial charge in [0.2, 0.25) is 5.91 Å². The summed E-state index contributed by atoms with van der Waals surface area (Å²) in [5.74, 6) is -1.13. The number of methoxy groups -OCH3 is 1. The maximum Gasteiger partial charge on any atom is 0.323 e. The van der Waals surface area contributed by atoms with Gasteiger partial charge in [-0.15, -0.1) is 0 Å². The third-order valence-corrected chi connectivity index (χ3v) is 3.28. The number of carboxylic acid groups (broad SMARTS) is 1. The summed E-state index contributed by atoms with van der Waals surface area (Å²) < 4.78 is 4.83. The molecule has 1 amide bonds. The normalized spacial score (nSPS) is 28.7. The Hall–Kier alpha value is -1.14. The van der Waals surface area contributed by atoms with Gasteiger partial charge < -0.3 is 20.9 Å². The highest BCUT2D eigenvalue weighted by atomic mass is 16.5. The lowest BCUT2D eigenvalue weighted by atomic mass is 9.77. The predicted octanol–water partition coefficient (Wildman–Crippen LogP) is -0.279. The van der Waals surface area contributed by atoms with Crippen LogP contribution in [0, 0.1) is 5.92 Å². The Morgan fingerprint density at radius 1 is 1.47 bits per heavy atom. The summed E-state index contributed by atoms with van der Waals surface area (Å²) >= 11 is 0. The van der Waals surface area contributed by atoms with Crippen LogP contribution in [-0.2, 0) is 14.3 Å². The first kappa shape index (κ1) is 13.9. The van der Waals surface area contributed by atoms with E-state index in [1.54, 1.807) is 7.11 Å². The molecule has 0 unspecified atom stereocenters. The van der Waals surface area contributed by atoms with Crippen LogP contribution in [-0.4, -0.2) is 42.8 Å². The van der Waals surface area contributed by atoms with Gasteiger partial charge in [0.15, 0.2) is 0 Å². The van der Waals surface area contributed by atoms with Crippen molar-refractivity contribution in [3.05, 3.63) is 0 Å². The van der Waals surface area contributed by atoms with Crippen molar-refractivity contribution >= 4 is 11.9 Å². The molecule has 0 atom stereocenters. The minimum Gasteiger partial charge on any atom is -0.480 e. The number of hydrogen-bond donors (Lipinski definition) is 3. The number of carboxylic acids is 1. The van der Waals surface area contributed by atoms with Gasteiger partial charge in [-0.1, -0.05) is 0 Å². The number of nitrogens with one attached hydrogen (secondary N) is 1. The van der Waals surface area contributed by atoms with Gasteiger partial charge in [0.1, 0.15) is 5.54 Å². The Morgan fingerprint density at radius 2 is 2.06 bits per heavy atom. The van der Waals surface area contributed by atoms with E-state index in [0.717, 1.165) is 0 Å². The Balaban J connectivity index is 2.36. The number of aliphatic carboxylic acids is 1. The molecule has 0 aromatic heterocycles. The molecule has 1 aliphatic rings. The molecule has 0 radical (unpaired) electrons. The maximum absolute atomic E-state index is 11.7. The number of carbonyl (C=O) groups is 2. The summed E-state index contributed by atoms with van der Waals surface area (Å²) in [4.78, 5) is 22.6. The number of ether oxygens (including phenoxy) is 1. The van der Waals surface area contributed by atoms with Gasteiger partial charge in [0.05, 0.1) is 6.61 Å². The highest BCUT2D eigenvalue weighted by Crippen LogP contribution is 2.30. The van der Waals surface area contributed by atoms with Crippen molar-refractivity contribution in [1.29, 1.82) is 0 Å². The Bertz CT molecular complexity index is 285. The molecule has 0 aromatic carbocycles. The summed E-state index contributed by atoms with van der Waals surface area (Å²) in [6.07, 6.45) is 1.76. The van der Waals surface area contributed by atoms with Gasteiger partial charge in [-0.25, -0.2) is 0 Å². The molecule has 6 nitrogen and oxygen atoms in total. The van der Waals surface area contributed by atoms with Crippen LogP contribution in [0.4, 0.5) is 0 Å². The van der Waals surface area contributed by atoms with Gasteiger partial charge in [0.25, 0.3) is 0 Å². The summed E-state index contributed by atoms with van der Waals surface area (Å²) in [5, 5.41) is 11.7. The number of nitrogens with two attached hydrogens (primary N) is 1. The first-order valence-electron chi connectivity index (χ1n) is 5.78. The summed E-state index contributed by atoms with van der Waals surface area (Å²) in [7, 11) is 1.57. The standard InChI is InChI=1S/C11H20N2O4/c1-17-7-6-13-9(14)8-2-4-11(12,5-3-8)10(15)16/h8H,2-7,12H2,1H3,(H,13,14)(H,15,16). The maximum atomic E-state index is 11.7. The van der Waals surface area contributed by atoms with Crippen LogP contribution in [0.15, 0.2) is 0 Å². The van der Waals surface area contributed by atoms with Gasteiger partial charge in [-0.05, 0) is 25.7 Å². The fraction of sp³-hybridized carbons (Fsp3) is 0.818. The van der Waals surface area contributed by atoms with E-state index in [1.165, 1.54) is 0 Å². The third-order valence-electron chi connectivity index (χ3n) is 3.28. The lowest BCUT2D eigenvalue weighted by molar-refractivity contribution is -0.146. The fourth-order valence-corrected chi connectivity index (χ4v) is 2.03. The highest BCUT2D eigenvalue weighted by Gasteiger charge is 2.39. The molecule has 0 bridgehead atoms. The molecular formula is C11H20N2O4. The van der Waals surface area contributed by atoms with Crippen molar-refractivity contribution in [2.24, 2.45) is 11.7 Å². The molecule has 0 spiro atoms. The molecule has 0 aromatic rings. The van der Waals surface area contributed by atoms with Crippen molar-refractivity contribution in [2.45, 2.75) is 31.2 Å². The monoisotopic (exact) mass is 244 g/mol.